The number of rotatable bonds is 3. The Morgan fingerprint density at radius 1 is 1.25 bits per heavy atom. The molecule has 108 valence electrons. The quantitative estimate of drug-likeness (QED) is 0.789. The Hall–Kier alpha value is -1.39. The molecule has 0 spiro atoms. The van der Waals surface area contributed by atoms with Crippen molar-refractivity contribution >= 4 is 5.97 Å². The van der Waals surface area contributed by atoms with Crippen LogP contribution >= 0.6 is 0 Å². The van der Waals surface area contributed by atoms with Crippen LogP contribution in [0.3, 0.4) is 0 Å². The standard InChI is InChI=1S/C16H21NO3/c1-19-16(18)13-7-14-10-20-11-15(8-13)17(14)9-12-5-3-2-4-6-12/h2-6,13-15H,7-11H2,1H3/t13?,14-,15+. The van der Waals surface area contributed by atoms with Gasteiger partial charge in [0.25, 0.3) is 0 Å². The summed E-state index contributed by atoms with van der Waals surface area (Å²) in [4.78, 5) is 14.3. The molecule has 2 aliphatic heterocycles. The molecule has 2 bridgehead atoms. The van der Waals surface area contributed by atoms with Crippen molar-refractivity contribution in [1.82, 2.24) is 4.90 Å². The Morgan fingerprint density at radius 3 is 2.50 bits per heavy atom. The van der Waals surface area contributed by atoms with E-state index in [2.05, 4.69) is 29.2 Å². The van der Waals surface area contributed by atoms with Crippen molar-refractivity contribution in [3.8, 4) is 0 Å². The predicted octanol–water partition coefficient (Wildman–Crippen LogP) is 1.84. The summed E-state index contributed by atoms with van der Waals surface area (Å²) >= 11 is 0. The van der Waals surface area contributed by atoms with Crippen LogP contribution < -0.4 is 0 Å². The van der Waals surface area contributed by atoms with Crippen molar-refractivity contribution in [3.05, 3.63) is 35.9 Å². The van der Waals surface area contributed by atoms with Gasteiger partial charge in [0.2, 0.25) is 0 Å². The van der Waals surface area contributed by atoms with Crippen LogP contribution in [0.25, 0.3) is 0 Å². The topological polar surface area (TPSA) is 38.8 Å². The molecule has 1 aromatic rings. The molecule has 0 aliphatic carbocycles. The highest BCUT2D eigenvalue weighted by Gasteiger charge is 2.41. The van der Waals surface area contributed by atoms with Gasteiger partial charge in [-0.1, -0.05) is 30.3 Å². The summed E-state index contributed by atoms with van der Waals surface area (Å²) in [7, 11) is 1.48. The predicted molar refractivity (Wildman–Crippen MR) is 75.1 cm³/mol. The Kier molecular flexibility index (Phi) is 4.03. The molecule has 0 aromatic heterocycles. The molecule has 1 unspecified atom stereocenters. The summed E-state index contributed by atoms with van der Waals surface area (Å²) in [6.45, 7) is 2.38. The van der Waals surface area contributed by atoms with Crippen LogP contribution in [0.4, 0.5) is 0 Å². The molecule has 2 saturated heterocycles. The number of fused-ring (bicyclic) bond motifs is 2. The highest BCUT2D eigenvalue weighted by Crippen LogP contribution is 2.33. The first-order valence-electron chi connectivity index (χ1n) is 7.23. The molecule has 3 rings (SSSR count). The van der Waals surface area contributed by atoms with E-state index < -0.39 is 0 Å². The van der Waals surface area contributed by atoms with E-state index in [0.29, 0.717) is 12.1 Å². The molecule has 2 fully saturated rings. The molecule has 4 heteroatoms. The lowest BCUT2D eigenvalue weighted by atomic mass is 9.84. The average molecular weight is 275 g/mol. The highest BCUT2D eigenvalue weighted by molar-refractivity contribution is 5.72. The molecular formula is C16H21NO3. The van der Waals surface area contributed by atoms with E-state index in [1.54, 1.807) is 0 Å². The number of morpholine rings is 1. The van der Waals surface area contributed by atoms with Gasteiger partial charge in [0, 0.05) is 18.6 Å². The van der Waals surface area contributed by atoms with Crippen molar-refractivity contribution in [2.75, 3.05) is 20.3 Å². The summed E-state index contributed by atoms with van der Waals surface area (Å²) < 4.78 is 10.6. The number of benzene rings is 1. The SMILES string of the molecule is COC(=O)C1C[C@H]2COC[C@@H](C1)N2Cc1ccccc1. The first kappa shape index (κ1) is 13.6. The van der Waals surface area contributed by atoms with Crippen LogP contribution in [-0.4, -0.2) is 43.3 Å². The summed E-state index contributed by atoms with van der Waals surface area (Å²) in [5.41, 5.74) is 1.32. The third-order valence-electron chi connectivity index (χ3n) is 4.41. The molecule has 2 aliphatic rings. The van der Waals surface area contributed by atoms with Gasteiger partial charge in [-0.2, -0.15) is 0 Å². The van der Waals surface area contributed by atoms with Gasteiger partial charge in [0.05, 0.1) is 26.2 Å². The fourth-order valence-corrected chi connectivity index (χ4v) is 3.40. The van der Waals surface area contributed by atoms with E-state index in [-0.39, 0.29) is 11.9 Å². The van der Waals surface area contributed by atoms with Gasteiger partial charge < -0.3 is 9.47 Å². The number of piperidine rings is 1. The summed E-state index contributed by atoms with van der Waals surface area (Å²) in [5.74, 6) is -0.0350. The number of methoxy groups -OCH3 is 1. The van der Waals surface area contributed by atoms with Gasteiger partial charge in [-0.15, -0.1) is 0 Å². The lowest BCUT2D eigenvalue weighted by molar-refractivity contribution is -0.154. The molecule has 4 nitrogen and oxygen atoms in total. The molecule has 0 amide bonds. The maximum Gasteiger partial charge on any atom is 0.308 e. The maximum atomic E-state index is 11.8. The fraction of sp³-hybridized carbons (Fsp3) is 0.562. The Labute approximate surface area is 119 Å². The van der Waals surface area contributed by atoms with Gasteiger partial charge in [0.15, 0.2) is 0 Å². The lowest BCUT2D eigenvalue weighted by Crippen LogP contribution is -2.57. The van der Waals surface area contributed by atoms with Crippen molar-refractivity contribution in [3.63, 3.8) is 0 Å². The molecule has 20 heavy (non-hydrogen) atoms. The van der Waals surface area contributed by atoms with Gasteiger partial charge in [-0.3, -0.25) is 9.69 Å². The van der Waals surface area contributed by atoms with E-state index >= 15 is 0 Å². The van der Waals surface area contributed by atoms with Crippen molar-refractivity contribution in [1.29, 1.82) is 0 Å². The highest BCUT2D eigenvalue weighted by atomic mass is 16.5. The normalized spacial score (nSPS) is 29.9. The van der Waals surface area contributed by atoms with Crippen LogP contribution in [0, 0.1) is 5.92 Å². The summed E-state index contributed by atoms with van der Waals surface area (Å²) in [6, 6.07) is 11.1. The first-order valence-corrected chi connectivity index (χ1v) is 7.23. The monoisotopic (exact) mass is 275 g/mol. The Bertz CT molecular complexity index is 448. The van der Waals surface area contributed by atoms with Gasteiger partial charge in [-0.25, -0.2) is 0 Å². The van der Waals surface area contributed by atoms with E-state index in [1.807, 2.05) is 6.07 Å². The summed E-state index contributed by atoms with van der Waals surface area (Å²) in [6.07, 6.45) is 1.69. The van der Waals surface area contributed by atoms with Crippen LogP contribution in [-0.2, 0) is 20.8 Å². The number of hydrogen-bond acceptors (Lipinski definition) is 4. The number of ether oxygens (including phenoxy) is 2. The number of hydrogen-bond donors (Lipinski definition) is 0. The molecular weight excluding hydrogens is 254 g/mol. The molecule has 3 atom stereocenters. The minimum atomic E-state index is -0.0683. The van der Waals surface area contributed by atoms with Crippen molar-refractivity contribution in [2.24, 2.45) is 5.92 Å². The molecule has 0 radical (unpaired) electrons. The molecule has 0 saturated carbocycles. The lowest BCUT2D eigenvalue weighted by Gasteiger charge is -2.47. The minimum absolute atomic E-state index is 0.0333. The number of carbonyl (C=O) groups excluding carboxylic acids is 1. The van der Waals surface area contributed by atoms with Gasteiger partial charge >= 0.3 is 5.97 Å². The average Bonchev–Trinajstić information content (AvgIpc) is 2.47. The van der Waals surface area contributed by atoms with E-state index in [4.69, 9.17) is 9.47 Å². The van der Waals surface area contributed by atoms with Gasteiger partial charge in [0.1, 0.15) is 0 Å². The van der Waals surface area contributed by atoms with Crippen LogP contribution in [0.5, 0.6) is 0 Å². The zero-order valence-corrected chi connectivity index (χ0v) is 11.8. The maximum absolute atomic E-state index is 11.8. The van der Waals surface area contributed by atoms with Crippen LogP contribution in [0.15, 0.2) is 30.3 Å². The van der Waals surface area contributed by atoms with E-state index in [0.717, 1.165) is 32.6 Å². The number of nitrogens with zero attached hydrogens (tertiary/aromatic N) is 1. The van der Waals surface area contributed by atoms with E-state index in [9.17, 15) is 4.79 Å². The second-order valence-electron chi connectivity index (χ2n) is 5.69. The van der Waals surface area contributed by atoms with Crippen LogP contribution in [0.2, 0.25) is 0 Å². The summed E-state index contributed by atoms with van der Waals surface area (Å²) in [5, 5.41) is 0. The number of esters is 1. The number of carbonyl (C=O) groups is 1. The molecule has 0 N–H and O–H groups in total. The van der Waals surface area contributed by atoms with Gasteiger partial charge in [-0.05, 0) is 18.4 Å². The zero-order valence-electron chi connectivity index (χ0n) is 11.8. The zero-order chi connectivity index (χ0) is 13.9. The third-order valence-corrected chi connectivity index (χ3v) is 4.41. The van der Waals surface area contributed by atoms with Crippen molar-refractivity contribution < 1.29 is 14.3 Å². The third kappa shape index (κ3) is 2.72. The first-order chi connectivity index (χ1) is 9.78. The largest absolute Gasteiger partial charge is 0.469 e. The Morgan fingerprint density at radius 2 is 1.90 bits per heavy atom. The fourth-order valence-electron chi connectivity index (χ4n) is 3.40. The van der Waals surface area contributed by atoms with Crippen LogP contribution in [0.1, 0.15) is 18.4 Å². The molecule has 1 aromatic carbocycles. The minimum Gasteiger partial charge on any atom is -0.469 e. The second kappa shape index (κ2) is 5.94. The van der Waals surface area contributed by atoms with Crippen molar-refractivity contribution in [2.45, 2.75) is 31.5 Å². The van der Waals surface area contributed by atoms with E-state index in [1.165, 1.54) is 12.7 Å². The Balaban J connectivity index is 1.72. The smallest absolute Gasteiger partial charge is 0.308 e. The molecule has 2 heterocycles. The second-order valence-corrected chi connectivity index (χ2v) is 5.69.